The summed E-state index contributed by atoms with van der Waals surface area (Å²) in [7, 11) is 0. The van der Waals surface area contributed by atoms with Crippen LogP contribution in [0.25, 0.3) is 0 Å². The molecule has 0 bridgehead atoms. The smallest absolute Gasteiger partial charge is 0.406 e. The third-order valence-electron chi connectivity index (χ3n) is 3.13. The molecule has 9 heteroatoms. The fourth-order valence-electron chi connectivity index (χ4n) is 2.01. The predicted octanol–water partition coefficient (Wildman–Crippen LogP) is 5.31. The van der Waals surface area contributed by atoms with Crippen LogP contribution in [0.5, 0.6) is 5.75 Å². The van der Waals surface area contributed by atoms with Crippen molar-refractivity contribution < 1.29 is 31.1 Å². The zero-order chi connectivity index (χ0) is 18.1. The lowest BCUT2D eigenvalue weighted by atomic mass is 9.97. The molecule has 24 heavy (non-hydrogen) atoms. The molecule has 2 aromatic carbocycles. The van der Waals surface area contributed by atoms with Crippen LogP contribution in [0.1, 0.15) is 22.7 Å². The Morgan fingerprint density at radius 1 is 0.917 bits per heavy atom. The molecule has 0 aliphatic rings. The first-order valence-corrected chi connectivity index (χ1v) is 6.83. The molecule has 0 unspecified atom stereocenters. The summed E-state index contributed by atoms with van der Waals surface area (Å²) in [6.45, 7) is 0. The summed E-state index contributed by atoms with van der Waals surface area (Å²) < 4.78 is 78.3. The van der Waals surface area contributed by atoms with Crippen LogP contribution in [0.2, 0.25) is 5.02 Å². The number of ether oxygens (including phenoxy) is 1. The van der Waals surface area contributed by atoms with Crippen molar-refractivity contribution in [3.63, 3.8) is 0 Å². The van der Waals surface area contributed by atoms with Crippen LogP contribution >= 0.6 is 11.6 Å². The average molecular weight is 370 g/mol. The number of benzene rings is 2. The quantitative estimate of drug-likeness (QED) is 0.745. The van der Waals surface area contributed by atoms with Gasteiger partial charge in [-0.25, -0.2) is 0 Å². The molecule has 2 N–H and O–H groups in total. The van der Waals surface area contributed by atoms with Crippen LogP contribution in [0.3, 0.4) is 0 Å². The van der Waals surface area contributed by atoms with E-state index >= 15 is 0 Å². The van der Waals surface area contributed by atoms with Crippen molar-refractivity contribution in [1.82, 2.24) is 0 Å². The fourth-order valence-corrected chi connectivity index (χ4v) is 2.25. The Morgan fingerprint density at radius 2 is 1.50 bits per heavy atom. The molecule has 0 aliphatic carbocycles. The van der Waals surface area contributed by atoms with Gasteiger partial charge in [-0.15, -0.1) is 13.2 Å². The highest BCUT2D eigenvalue weighted by atomic mass is 35.5. The molecule has 2 aromatic rings. The van der Waals surface area contributed by atoms with E-state index in [1.54, 1.807) is 0 Å². The van der Waals surface area contributed by atoms with Gasteiger partial charge in [0.15, 0.2) is 0 Å². The standard InChI is InChI=1S/C15H10ClF6NO/c16-12-6-3-9(14(17,18)19)7-11(12)13(23)8-1-4-10(5-2-8)24-15(20,21)22/h1-7,13H,23H2/t13-/m1/s1. The minimum absolute atomic E-state index is 0.0102. The number of halogens is 7. The highest BCUT2D eigenvalue weighted by Gasteiger charge is 2.32. The van der Waals surface area contributed by atoms with Crippen molar-refractivity contribution in [3.8, 4) is 5.75 Å². The van der Waals surface area contributed by atoms with Gasteiger partial charge >= 0.3 is 12.5 Å². The van der Waals surface area contributed by atoms with Gasteiger partial charge in [0.25, 0.3) is 0 Å². The minimum atomic E-state index is -4.84. The SMILES string of the molecule is N[C@H](c1ccc(OC(F)(F)F)cc1)c1cc(C(F)(F)F)ccc1Cl. The van der Waals surface area contributed by atoms with Crippen LogP contribution in [0.15, 0.2) is 42.5 Å². The second-order valence-electron chi connectivity index (χ2n) is 4.83. The van der Waals surface area contributed by atoms with Gasteiger partial charge in [-0.1, -0.05) is 23.7 Å². The van der Waals surface area contributed by atoms with E-state index in [0.29, 0.717) is 0 Å². The Hall–Kier alpha value is -1.93. The molecule has 130 valence electrons. The van der Waals surface area contributed by atoms with Crippen LogP contribution in [0, 0.1) is 0 Å². The number of nitrogens with two attached hydrogens (primary N) is 1. The molecule has 2 rings (SSSR count). The third-order valence-corrected chi connectivity index (χ3v) is 3.48. The summed E-state index contributed by atoms with van der Waals surface area (Å²) in [5.41, 5.74) is 5.26. The summed E-state index contributed by atoms with van der Waals surface area (Å²) in [4.78, 5) is 0. The maximum atomic E-state index is 12.8. The molecule has 0 saturated heterocycles. The van der Waals surface area contributed by atoms with Crippen molar-refractivity contribution in [3.05, 3.63) is 64.2 Å². The Labute approximate surface area is 137 Å². The first kappa shape index (κ1) is 18.4. The first-order chi connectivity index (χ1) is 11.0. The largest absolute Gasteiger partial charge is 0.573 e. The van der Waals surface area contributed by atoms with Crippen molar-refractivity contribution in [2.75, 3.05) is 0 Å². The summed E-state index contributed by atoms with van der Waals surface area (Å²) >= 11 is 5.89. The van der Waals surface area contributed by atoms with Gasteiger partial charge in [-0.3, -0.25) is 0 Å². The normalized spacial score (nSPS) is 13.7. The highest BCUT2D eigenvalue weighted by molar-refractivity contribution is 6.31. The molecule has 2 nitrogen and oxygen atoms in total. The van der Waals surface area contributed by atoms with Gasteiger partial charge in [0.2, 0.25) is 0 Å². The summed E-state index contributed by atoms with van der Waals surface area (Å²) in [5, 5.41) is 0.0196. The third kappa shape index (κ3) is 4.55. The van der Waals surface area contributed by atoms with Crippen molar-refractivity contribution >= 4 is 11.6 Å². The lowest BCUT2D eigenvalue weighted by Gasteiger charge is -2.17. The number of hydrogen-bond donors (Lipinski definition) is 1. The van der Waals surface area contributed by atoms with Crippen molar-refractivity contribution in [2.45, 2.75) is 18.6 Å². The van der Waals surface area contributed by atoms with Gasteiger partial charge in [0.05, 0.1) is 11.6 Å². The average Bonchev–Trinajstić information content (AvgIpc) is 2.45. The zero-order valence-electron chi connectivity index (χ0n) is 11.8. The van der Waals surface area contributed by atoms with Gasteiger partial charge in [-0.05, 0) is 41.5 Å². The van der Waals surface area contributed by atoms with Crippen LogP contribution in [0.4, 0.5) is 26.3 Å². The van der Waals surface area contributed by atoms with Crippen molar-refractivity contribution in [1.29, 1.82) is 0 Å². The van der Waals surface area contributed by atoms with E-state index in [1.165, 1.54) is 12.1 Å². The number of hydrogen-bond acceptors (Lipinski definition) is 2. The van der Waals surface area contributed by atoms with E-state index < -0.39 is 29.9 Å². The number of alkyl halides is 6. The maximum absolute atomic E-state index is 12.8. The lowest BCUT2D eigenvalue weighted by Crippen LogP contribution is -2.17. The number of rotatable bonds is 3. The molecule has 0 fully saturated rings. The summed E-state index contributed by atoms with van der Waals surface area (Å²) in [6.07, 6.45) is -9.41. The van der Waals surface area contributed by atoms with E-state index in [9.17, 15) is 26.3 Å². The molecule has 0 spiro atoms. The molecule has 0 heterocycles. The molecule has 0 aliphatic heterocycles. The van der Waals surface area contributed by atoms with E-state index in [2.05, 4.69) is 4.74 Å². The van der Waals surface area contributed by atoms with Gasteiger partial charge in [-0.2, -0.15) is 13.2 Å². The molecule has 0 amide bonds. The van der Waals surface area contributed by atoms with E-state index in [0.717, 1.165) is 30.3 Å². The molecule has 0 saturated carbocycles. The lowest BCUT2D eigenvalue weighted by molar-refractivity contribution is -0.274. The zero-order valence-corrected chi connectivity index (χ0v) is 12.5. The van der Waals surface area contributed by atoms with E-state index in [-0.39, 0.29) is 16.1 Å². The Morgan fingerprint density at radius 3 is 2.00 bits per heavy atom. The fraction of sp³-hybridized carbons (Fsp3) is 0.200. The van der Waals surface area contributed by atoms with E-state index in [1.807, 2.05) is 0 Å². The van der Waals surface area contributed by atoms with Gasteiger partial charge in [0, 0.05) is 5.02 Å². The highest BCUT2D eigenvalue weighted by Crippen LogP contribution is 2.35. The summed E-state index contributed by atoms with van der Waals surface area (Å²) in [5.74, 6) is -0.464. The van der Waals surface area contributed by atoms with Crippen LogP contribution < -0.4 is 10.5 Å². The molecule has 0 aromatic heterocycles. The molecule has 0 radical (unpaired) electrons. The Kier molecular flexibility index (Phi) is 5.00. The molecular formula is C15H10ClF6NO. The first-order valence-electron chi connectivity index (χ1n) is 6.45. The Balaban J connectivity index is 2.30. The molecular weight excluding hydrogens is 360 g/mol. The monoisotopic (exact) mass is 369 g/mol. The second-order valence-corrected chi connectivity index (χ2v) is 5.24. The predicted molar refractivity (Wildman–Crippen MR) is 75.6 cm³/mol. The second kappa shape index (κ2) is 6.52. The van der Waals surface area contributed by atoms with Gasteiger partial charge in [0.1, 0.15) is 5.75 Å². The van der Waals surface area contributed by atoms with Crippen LogP contribution in [-0.2, 0) is 6.18 Å². The topological polar surface area (TPSA) is 35.2 Å². The van der Waals surface area contributed by atoms with Gasteiger partial charge < -0.3 is 10.5 Å². The van der Waals surface area contributed by atoms with Crippen LogP contribution in [-0.4, -0.2) is 6.36 Å². The van der Waals surface area contributed by atoms with Crippen molar-refractivity contribution in [2.24, 2.45) is 5.73 Å². The van der Waals surface area contributed by atoms with E-state index in [4.69, 9.17) is 17.3 Å². The maximum Gasteiger partial charge on any atom is 0.573 e. The summed E-state index contributed by atoms with van der Waals surface area (Å²) in [6, 6.07) is 6.14. The minimum Gasteiger partial charge on any atom is -0.406 e. The molecule has 1 atom stereocenters. The Bertz CT molecular complexity index is 711.